The Kier molecular flexibility index (Phi) is 5.35. The molecular weight excluding hydrogens is 234 g/mol. The number of carbonyl (C=O) groups excluding carboxylic acids is 1. The third-order valence-corrected chi connectivity index (χ3v) is 2.63. The van der Waals surface area contributed by atoms with Gasteiger partial charge >= 0.3 is 5.69 Å². The van der Waals surface area contributed by atoms with Crippen LogP contribution in [-0.4, -0.2) is 21.6 Å². The molecule has 1 rings (SSSR count). The van der Waals surface area contributed by atoms with E-state index < -0.39 is 11.2 Å². The summed E-state index contributed by atoms with van der Waals surface area (Å²) in [5.41, 5.74) is -0.897. The lowest BCUT2D eigenvalue weighted by Crippen LogP contribution is -2.43. The number of hydrogen-bond donors (Lipinski definition) is 1. The number of nitrogens with one attached hydrogen (secondary N) is 1. The van der Waals surface area contributed by atoms with E-state index in [4.69, 9.17) is 0 Å². The van der Waals surface area contributed by atoms with Crippen molar-refractivity contribution in [3.63, 3.8) is 0 Å². The first-order chi connectivity index (χ1) is 8.60. The smallest absolute Gasteiger partial charge is 0.331 e. The van der Waals surface area contributed by atoms with Gasteiger partial charge < -0.3 is 9.88 Å². The molecule has 0 spiro atoms. The predicted octanol–water partition coefficient (Wildman–Crippen LogP) is -0.0538. The van der Waals surface area contributed by atoms with Gasteiger partial charge in [0.05, 0.1) is 0 Å². The molecule has 1 amide bonds. The van der Waals surface area contributed by atoms with Crippen molar-refractivity contribution in [1.82, 2.24) is 14.5 Å². The Bertz CT molecular complexity index is 516. The number of carbonyl (C=O) groups is 1. The summed E-state index contributed by atoms with van der Waals surface area (Å²) < 4.78 is 2.34. The van der Waals surface area contributed by atoms with Crippen LogP contribution in [0.5, 0.6) is 0 Å². The van der Waals surface area contributed by atoms with Crippen LogP contribution in [0, 0.1) is 0 Å². The second-order valence-electron chi connectivity index (χ2n) is 4.01. The highest BCUT2D eigenvalue weighted by atomic mass is 16.2. The number of aryl methyl sites for hydroxylation is 1. The molecule has 18 heavy (non-hydrogen) atoms. The van der Waals surface area contributed by atoms with E-state index in [0.29, 0.717) is 13.1 Å². The molecule has 0 unspecified atom stereocenters. The molecule has 0 aliphatic carbocycles. The van der Waals surface area contributed by atoms with Crippen LogP contribution in [0.4, 0.5) is 0 Å². The minimum absolute atomic E-state index is 0.220. The van der Waals surface area contributed by atoms with Gasteiger partial charge in [0.25, 0.3) is 5.56 Å². The van der Waals surface area contributed by atoms with Crippen LogP contribution in [0.2, 0.25) is 0 Å². The Morgan fingerprint density at radius 2 is 2.06 bits per heavy atom. The molecule has 1 aromatic rings. The maximum atomic E-state index is 11.8. The SMILES string of the molecule is CCCCNC(=O)Cn1c(=O)ccn(CC)c1=O. The Hall–Kier alpha value is -1.85. The molecule has 1 heterocycles. The number of hydrogen-bond acceptors (Lipinski definition) is 3. The maximum Gasteiger partial charge on any atom is 0.331 e. The van der Waals surface area contributed by atoms with Gasteiger partial charge in [0.15, 0.2) is 0 Å². The first-order valence-electron chi connectivity index (χ1n) is 6.17. The Morgan fingerprint density at radius 1 is 1.33 bits per heavy atom. The zero-order valence-corrected chi connectivity index (χ0v) is 10.8. The molecule has 1 N–H and O–H groups in total. The van der Waals surface area contributed by atoms with Crippen molar-refractivity contribution in [3.8, 4) is 0 Å². The summed E-state index contributed by atoms with van der Waals surface area (Å²) in [6.07, 6.45) is 3.30. The van der Waals surface area contributed by atoms with Crippen LogP contribution in [0.3, 0.4) is 0 Å². The summed E-state index contributed by atoms with van der Waals surface area (Å²) in [7, 11) is 0. The zero-order chi connectivity index (χ0) is 13.5. The number of amides is 1. The van der Waals surface area contributed by atoms with Crippen molar-refractivity contribution in [1.29, 1.82) is 0 Å². The lowest BCUT2D eigenvalue weighted by atomic mass is 10.3. The number of unbranched alkanes of at least 4 members (excludes halogenated alkanes) is 1. The van der Waals surface area contributed by atoms with Crippen molar-refractivity contribution in [2.75, 3.05) is 6.54 Å². The lowest BCUT2D eigenvalue weighted by molar-refractivity contribution is -0.121. The van der Waals surface area contributed by atoms with Crippen molar-refractivity contribution >= 4 is 5.91 Å². The number of aromatic nitrogens is 2. The average Bonchev–Trinajstić information content (AvgIpc) is 2.35. The zero-order valence-electron chi connectivity index (χ0n) is 10.8. The van der Waals surface area contributed by atoms with Crippen molar-refractivity contribution < 1.29 is 4.79 Å². The summed E-state index contributed by atoms with van der Waals surface area (Å²) in [6.45, 7) is 4.64. The number of nitrogens with zero attached hydrogens (tertiary/aromatic N) is 2. The highest BCUT2D eigenvalue weighted by Gasteiger charge is 2.08. The summed E-state index contributed by atoms with van der Waals surface area (Å²) in [6, 6.07) is 1.30. The van der Waals surface area contributed by atoms with Gasteiger partial charge in [-0.05, 0) is 13.3 Å². The van der Waals surface area contributed by atoms with Crippen LogP contribution in [-0.2, 0) is 17.9 Å². The fourth-order valence-corrected chi connectivity index (χ4v) is 1.55. The third-order valence-electron chi connectivity index (χ3n) is 2.63. The van der Waals surface area contributed by atoms with Crippen molar-refractivity contribution in [2.24, 2.45) is 0 Å². The van der Waals surface area contributed by atoms with Crippen LogP contribution < -0.4 is 16.6 Å². The van der Waals surface area contributed by atoms with Crippen LogP contribution in [0.1, 0.15) is 26.7 Å². The molecule has 0 saturated heterocycles. The van der Waals surface area contributed by atoms with E-state index in [0.717, 1.165) is 17.4 Å². The van der Waals surface area contributed by atoms with Gasteiger partial charge in [0.1, 0.15) is 6.54 Å². The van der Waals surface area contributed by atoms with Gasteiger partial charge in [-0.15, -0.1) is 0 Å². The molecule has 100 valence electrons. The first-order valence-corrected chi connectivity index (χ1v) is 6.17. The normalized spacial score (nSPS) is 10.3. The molecule has 1 aromatic heterocycles. The van der Waals surface area contributed by atoms with E-state index in [2.05, 4.69) is 5.32 Å². The third kappa shape index (κ3) is 3.58. The minimum atomic E-state index is -0.449. The molecule has 6 nitrogen and oxygen atoms in total. The molecule has 6 heteroatoms. The summed E-state index contributed by atoms with van der Waals surface area (Å²) in [4.78, 5) is 34.9. The molecule has 0 bridgehead atoms. The highest BCUT2D eigenvalue weighted by molar-refractivity contribution is 5.75. The van der Waals surface area contributed by atoms with E-state index in [1.54, 1.807) is 6.92 Å². The molecule has 0 radical (unpaired) electrons. The molecular formula is C12H19N3O3. The van der Waals surface area contributed by atoms with E-state index >= 15 is 0 Å². The lowest BCUT2D eigenvalue weighted by Gasteiger charge is -2.08. The fourth-order valence-electron chi connectivity index (χ4n) is 1.55. The van der Waals surface area contributed by atoms with E-state index in [1.807, 2.05) is 6.92 Å². The average molecular weight is 253 g/mol. The number of rotatable bonds is 6. The Morgan fingerprint density at radius 3 is 2.67 bits per heavy atom. The second-order valence-corrected chi connectivity index (χ2v) is 4.01. The maximum absolute atomic E-state index is 11.8. The molecule has 0 aliphatic heterocycles. The van der Waals surface area contributed by atoms with Gasteiger partial charge in [-0.1, -0.05) is 13.3 Å². The molecule has 0 atom stereocenters. The first kappa shape index (κ1) is 14.2. The van der Waals surface area contributed by atoms with Gasteiger partial charge in [-0.3, -0.25) is 14.2 Å². The molecule has 0 saturated carbocycles. The van der Waals surface area contributed by atoms with Crippen LogP contribution >= 0.6 is 0 Å². The molecule has 0 aromatic carbocycles. The van der Waals surface area contributed by atoms with E-state index in [1.165, 1.54) is 16.8 Å². The Balaban J connectivity index is 2.81. The van der Waals surface area contributed by atoms with Crippen LogP contribution in [0.25, 0.3) is 0 Å². The quantitative estimate of drug-likeness (QED) is 0.722. The highest BCUT2D eigenvalue weighted by Crippen LogP contribution is 1.84. The fraction of sp³-hybridized carbons (Fsp3) is 0.583. The summed E-state index contributed by atoms with van der Waals surface area (Å²) >= 11 is 0. The van der Waals surface area contributed by atoms with Crippen molar-refractivity contribution in [3.05, 3.63) is 33.1 Å². The van der Waals surface area contributed by atoms with Gasteiger partial charge in [0.2, 0.25) is 5.91 Å². The largest absolute Gasteiger partial charge is 0.355 e. The van der Waals surface area contributed by atoms with E-state index in [9.17, 15) is 14.4 Å². The van der Waals surface area contributed by atoms with E-state index in [-0.39, 0.29) is 12.5 Å². The van der Waals surface area contributed by atoms with Gasteiger partial charge in [-0.2, -0.15) is 0 Å². The van der Waals surface area contributed by atoms with Crippen molar-refractivity contribution in [2.45, 2.75) is 39.8 Å². The van der Waals surface area contributed by atoms with Crippen LogP contribution in [0.15, 0.2) is 21.9 Å². The standard InChI is InChI=1S/C12H19N3O3/c1-3-5-7-13-10(16)9-15-11(17)6-8-14(4-2)12(15)18/h6,8H,3-5,7,9H2,1-2H3,(H,13,16). The van der Waals surface area contributed by atoms with Gasteiger partial charge in [-0.25, -0.2) is 4.79 Å². The summed E-state index contributed by atoms with van der Waals surface area (Å²) in [5, 5.41) is 2.68. The minimum Gasteiger partial charge on any atom is -0.355 e. The molecule has 0 fully saturated rings. The molecule has 0 aliphatic rings. The summed E-state index contributed by atoms with van der Waals surface area (Å²) in [5.74, 6) is -0.309. The second kappa shape index (κ2) is 6.78. The Labute approximate surface area is 105 Å². The monoisotopic (exact) mass is 253 g/mol. The van der Waals surface area contributed by atoms with Gasteiger partial charge in [0, 0.05) is 25.4 Å². The predicted molar refractivity (Wildman–Crippen MR) is 68.6 cm³/mol. The topological polar surface area (TPSA) is 73.1 Å².